The zero-order valence-electron chi connectivity index (χ0n) is 10.8. The number of Topliss-reactive ketones (excluding diaryl/α,β-unsaturated/α-hetero) is 1. The molecule has 0 N–H and O–H groups in total. The molecule has 3 heteroatoms. The summed E-state index contributed by atoms with van der Waals surface area (Å²) in [4.78, 5) is 12.6. The molecule has 0 saturated carbocycles. The number of carbonyl (C=O) groups excluding carboxylic acids is 1. The van der Waals surface area contributed by atoms with Crippen LogP contribution in [0, 0.1) is 0 Å². The number of hydrogen-bond acceptors (Lipinski definition) is 2. The topological polar surface area (TPSA) is 26.3 Å². The molecule has 0 bridgehead atoms. The van der Waals surface area contributed by atoms with Crippen LogP contribution in [0.5, 0.6) is 5.75 Å². The number of rotatable bonds is 1. The first-order valence-electron chi connectivity index (χ1n) is 6.47. The van der Waals surface area contributed by atoms with Crippen molar-refractivity contribution in [2.45, 2.75) is 6.42 Å². The molecule has 100 valence electrons. The van der Waals surface area contributed by atoms with Crippen LogP contribution in [-0.4, -0.2) is 12.4 Å². The molecule has 0 atom stereocenters. The number of carbonyl (C=O) groups is 1. The van der Waals surface area contributed by atoms with Crippen molar-refractivity contribution >= 4 is 23.5 Å². The number of ketones is 1. The molecule has 2 nitrogen and oxygen atoms in total. The van der Waals surface area contributed by atoms with E-state index >= 15 is 0 Å². The highest BCUT2D eigenvalue weighted by Gasteiger charge is 2.21. The SMILES string of the molecule is O=C1/C(=C\c2ccccc2)CCOc2ccc(Cl)cc21. The van der Waals surface area contributed by atoms with Crippen LogP contribution in [0.4, 0.5) is 0 Å². The van der Waals surface area contributed by atoms with Gasteiger partial charge in [0.1, 0.15) is 5.75 Å². The Morgan fingerprint density at radius 1 is 1.10 bits per heavy atom. The maximum absolute atomic E-state index is 12.6. The molecule has 1 aliphatic rings. The molecule has 0 aromatic heterocycles. The van der Waals surface area contributed by atoms with Crippen LogP contribution >= 0.6 is 11.6 Å². The lowest BCUT2D eigenvalue weighted by Crippen LogP contribution is -2.02. The van der Waals surface area contributed by atoms with Crippen LogP contribution in [0.25, 0.3) is 6.08 Å². The maximum Gasteiger partial charge on any atom is 0.192 e. The minimum Gasteiger partial charge on any atom is -0.492 e. The molecule has 3 rings (SSSR count). The van der Waals surface area contributed by atoms with Gasteiger partial charge in [-0.3, -0.25) is 4.79 Å². The van der Waals surface area contributed by atoms with Crippen molar-refractivity contribution in [2.75, 3.05) is 6.61 Å². The highest BCUT2D eigenvalue weighted by Crippen LogP contribution is 2.29. The predicted molar refractivity (Wildman–Crippen MR) is 80.3 cm³/mol. The van der Waals surface area contributed by atoms with Gasteiger partial charge in [0.15, 0.2) is 5.78 Å². The largest absolute Gasteiger partial charge is 0.492 e. The Balaban J connectivity index is 2.03. The zero-order chi connectivity index (χ0) is 13.9. The number of ether oxygens (including phenoxy) is 1. The Labute approximate surface area is 122 Å². The molecular formula is C17H13ClO2. The van der Waals surface area contributed by atoms with E-state index in [9.17, 15) is 4.79 Å². The number of hydrogen-bond donors (Lipinski definition) is 0. The van der Waals surface area contributed by atoms with Crippen LogP contribution in [-0.2, 0) is 0 Å². The van der Waals surface area contributed by atoms with Gasteiger partial charge in [-0.1, -0.05) is 41.9 Å². The molecule has 1 aliphatic heterocycles. The monoisotopic (exact) mass is 284 g/mol. The standard InChI is InChI=1S/C17H13ClO2/c18-14-6-7-16-15(11-14)17(19)13(8-9-20-16)10-12-4-2-1-3-5-12/h1-7,10-11H,8-9H2/b13-10-. The van der Waals surface area contributed by atoms with E-state index in [4.69, 9.17) is 16.3 Å². The number of benzene rings is 2. The molecule has 0 spiro atoms. The third-order valence-electron chi connectivity index (χ3n) is 3.25. The summed E-state index contributed by atoms with van der Waals surface area (Å²) in [6, 6.07) is 15.0. The van der Waals surface area contributed by atoms with Gasteiger partial charge < -0.3 is 4.74 Å². The number of halogens is 1. The van der Waals surface area contributed by atoms with E-state index in [0.717, 1.165) is 11.1 Å². The molecule has 0 fully saturated rings. The molecule has 1 heterocycles. The summed E-state index contributed by atoms with van der Waals surface area (Å²) in [5.41, 5.74) is 2.30. The van der Waals surface area contributed by atoms with Crippen molar-refractivity contribution in [1.29, 1.82) is 0 Å². The van der Waals surface area contributed by atoms with E-state index in [1.165, 1.54) is 0 Å². The van der Waals surface area contributed by atoms with Crippen molar-refractivity contribution in [2.24, 2.45) is 0 Å². The minimum atomic E-state index is -0.0103. The van der Waals surface area contributed by atoms with Crippen LogP contribution in [0.15, 0.2) is 54.1 Å². The van der Waals surface area contributed by atoms with Crippen LogP contribution < -0.4 is 4.74 Å². The van der Waals surface area contributed by atoms with Crippen molar-refractivity contribution in [3.8, 4) is 5.75 Å². The molecule has 0 radical (unpaired) electrons. The lowest BCUT2D eigenvalue weighted by Gasteiger charge is -2.05. The molecular weight excluding hydrogens is 272 g/mol. The van der Waals surface area contributed by atoms with Gasteiger partial charge >= 0.3 is 0 Å². The molecule has 0 aliphatic carbocycles. The Morgan fingerprint density at radius 3 is 2.70 bits per heavy atom. The Bertz CT molecular complexity index is 675. The van der Waals surface area contributed by atoms with Crippen molar-refractivity contribution in [3.05, 3.63) is 70.3 Å². The summed E-state index contributed by atoms with van der Waals surface area (Å²) in [6.07, 6.45) is 2.52. The second-order valence-corrected chi connectivity index (χ2v) is 5.08. The average Bonchev–Trinajstić information content (AvgIpc) is 2.61. The van der Waals surface area contributed by atoms with Gasteiger partial charge in [-0.05, 0) is 29.8 Å². The fourth-order valence-corrected chi connectivity index (χ4v) is 2.42. The second-order valence-electron chi connectivity index (χ2n) is 4.65. The van der Waals surface area contributed by atoms with Crippen LogP contribution in [0.1, 0.15) is 22.3 Å². The normalized spacial score (nSPS) is 16.4. The lowest BCUT2D eigenvalue weighted by atomic mass is 9.99. The van der Waals surface area contributed by atoms with Gasteiger partial charge in [0, 0.05) is 17.0 Å². The average molecular weight is 285 g/mol. The predicted octanol–water partition coefficient (Wildman–Crippen LogP) is 4.39. The first kappa shape index (κ1) is 12.9. The quantitative estimate of drug-likeness (QED) is 0.726. The highest BCUT2D eigenvalue weighted by atomic mass is 35.5. The van der Waals surface area contributed by atoms with Crippen molar-refractivity contribution in [1.82, 2.24) is 0 Å². The fourth-order valence-electron chi connectivity index (χ4n) is 2.25. The zero-order valence-corrected chi connectivity index (χ0v) is 11.6. The van der Waals surface area contributed by atoms with Crippen molar-refractivity contribution in [3.63, 3.8) is 0 Å². The Kier molecular flexibility index (Phi) is 3.57. The van der Waals surface area contributed by atoms with Crippen LogP contribution in [0.2, 0.25) is 5.02 Å². The van der Waals surface area contributed by atoms with Crippen molar-refractivity contribution < 1.29 is 9.53 Å². The first-order chi connectivity index (χ1) is 9.74. The highest BCUT2D eigenvalue weighted by molar-refractivity contribution is 6.31. The van der Waals surface area contributed by atoms with Gasteiger partial charge in [-0.15, -0.1) is 0 Å². The molecule has 0 saturated heterocycles. The smallest absolute Gasteiger partial charge is 0.192 e. The summed E-state index contributed by atoms with van der Waals surface area (Å²) < 4.78 is 5.62. The summed E-state index contributed by atoms with van der Waals surface area (Å²) in [7, 11) is 0. The van der Waals surface area contributed by atoms with Gasteiger partial charge in [-0.25, -0.2) is 0 Å². The van der Waals surface area contributed by atoms with Gasteiger partial charge in [0.25, 0.3) is 0 Å². The summed E-state index contributed by atoms with van der Waals surface area (Å²) in [5.74, 6) is 0.597. The van der Waals surface area contributed by atoms with Gasteiger partial charge in [0.05, 0.1) is 12.2 Å². The Morgan fingerprint density at radius 2 is 1.90 bits per heavy atom. The molecule has 2 aromatic carbocycles. The van der Waals surface area contributed by atoms with E-state index < -0.39 is 0 Å². The molecule has 0 unspecified atom stereocenters. The third-order valence-corrected chi connectivity index (χ3v) is 3.48. The Hall–Kier alpha value is -2.06. The fraction of sp³-hybridized carbons (Fsp3) is 0.118. The van der Waals surface area contributed by atoms with Crippen LogP contribution in [0.3, 0.4) is 0 Å². The molecule has 0 amide bonds. The molecule has 2 aromatic rings. The van der Waals surface area contributed by atoms with E-state index in [1.807, 2.05) is 36.4 Å². The third kappa shape index (κ3) is 2.61. The van der Waals surface area contributed by atoms with Gasteiger partial charge in [0.2, 0.25) is 0 Å². The lowest BCUT2D eigenvalue weighted by molar-refractivity contribution is 0.103. The maximum atomic E-state index is 12.6. The first-order valence-corrected chi connectivity index (χ1v) is 6.84. The van der Waals surface area contributed by atoms with E-state index in [-0.39, 0.29) is 5.78 Å². The number of fused-ring (bicyclic) bond motifs is 1. The summed E-state index contributed by atoms with van der Waals surface area (Å²) in [5, 5.41) is 0.543. The minimum absolute atomic E-state index is 0.0103. The molecule has 20 heavy (non-hydrogen) atoms. The van der Waals surface area contributed by atoms with E-state index in [0.29, 0.717) is 29.4 Å². The van der Waals surface area contributed by atoms with E-state index in [1.54, 1.807) is 18.2 Å². The van der Waals surface area contributed by atoms with Gasteiger partial charge in [-0.2, -0.15) is 0 Å². The second kappa shape index (κ2) is 5.51. The van der Waals surface area contributed by atoms with E-state index in [2.05, 4.69) is 0 Å². The summed E-state index contributed by atoms with van der Waals surface area (Å²) >= 11 is 5.98. The summed E-state index contributed by atoms with van der Waals surface area (Å²) in [6.45, 7) is 0.499.